The van der Waals surface area contributed by atoms with Gasteiger partial charge in [-0.2, -0.15) is 0 Å². The standard InChI is InChI=1S/C32H32N2O5/c1-20(2)30-27(28(33-39-30)19-38-31-21(3)7-5-8-22(31)4)18-37-26-11-12-29-24(16-26)13-14-34(29)17-23-9-6-10-25(15-23)32(35)36/h5-16,20H,17-19H2,1-4H3,(H,35,36). The van der Waals surface area contributed by atoms with Gasteiger partial charge >= 0.3 is 5.97 Å². The first-order chi connectivity index (χ1) is 18.8. The number of fused-ring (bicyclic) bond motifs is 1. The van der Waals surface area contributed by atoms with Gasteiger partial charge < -0.3 is 23.7 Å². The fraction of sp³-hybridized carbons (Fsp3) is 0.250. The number of rotatable bonds is 10. The van der Waals surface area contributed by atoms with Crippen LogP contribution in [0.3, 0.4) is 0 Å². The van der Waals surface area contributed by atoms with Crippen molar-refractivity contribution in [2.24, 2.45) is 0 Å². The summed E-state index contributed by atoms with van der Waals surface area (Å²) in [6, 6.07) is 21.1. The number of ether oxygens (including phenoxy) is 2. The highest BCUT2D eigenvalue weighted by atomic mass is 16.5. The van der Waals surface area contributed by atoms with Gasteiger partial charge in [-0.15, -0.1) is 0 Å². The molecule has 0 aliphatic rings. The Kier molecular flexibility index (Phi) is 7.41. The molecule has 0 amide bonds. The molecule has 1 N–H and O–H groups in total. The first-order valence-corrected chi connectivity index (χ1v) is 13.0. The van der Waals surface area contributed by atoms with Crippen molar-refractivity contribution >= 4 is 16.9 Å². The molecule has 0 unspecified atom stereocenters. The van der Waals surface area contributed by atoms with Crippen LogP contribution in [0, 0.1) is 13.8 Å². The summed E-state index contributed by atoms with van der Waals surface area (Å²) in [5.74, 6) is 1.63. The van der Waals surface area contributed by atoms with E-state index in [9.17, 15) is 9.90 Å². The maximum Gasteiger partial charge on any atom is 0.335 e. The Labute approximate surface area is 227 Å². The maximum absolute atomic E-state index is 11.3. The van der Waals surface area contributed by atoms with Gasteiger partial charge in [-0.05, 0) is 66.9 Å². The lowest BCUT2D eigenvalue weighted by Gasteiger charge is -2.13. The number of hydrogen-bond acceptors (Lipinski definition) is 5. The van der Waals surface area contributed by atoms with Crippen LogP contribution in [0.4, 0.5) is 0 Å². The summed E-state index contributed by atoms with van der Waals surface area (Å²) in [5, 5.41) is 14.6. The van der Waals surface area contributed by atoms with Crippen molar-refractivity contribution in [2.45, 2.75) is 53.4 Å². The Bertz CT molecular complexity index is 1610. The van der Waals surface area contributed by atoms with E-state index in [1.807, 2.05) is 68.6 Å². The van der Waals surface area contributed by atoms with Gasteiger partial charge in [0.1, 0.15) is 36.2 Å². The van der Waals surface area contributed by atoms with Crippen molar-refractivity contribution in [3.05, 3.63) is 112 Å². The zero-order chi connectivity index (χ0) is 27.5. The number of aryl methyl sites for hydroxylation is 2. The van der Waals surface area contributed by atoms with E-state index in [0.717, 1.165) is 56.1 Å². The molecule has 2 aromatic heterocycles. The Morgan fingerprint density at radius 1 is 0.974 bits per heavy atom. The summed E-state index contributed by atoms with van der Waals surface area (Å²) in [7, 11) is 0. The number of hydrogen-bond donors (Lipinski definition) is 1. The van der Waals surface area contributed by atoms with Crippen molar-refractivity contribution in [3.8, 4) is 11.5 Å². The minimum Gasteiger partial charge on any atom is -0.489 e. The second-order valence-electron chi connectivity index (χ2n) is 10.1. The average molecular weight is 525 g/mol. The number of aromatic carboxylic acids is 1. The predicted octanol–water partition coefficient (Wildman–Crippen LogP) is 7.27. The lowest BCUT2D eigenvalue weighted by atomic mass is 10.1. The van der Waals surface area contributed by atoms with Crippen molar-refractivity contribution < 1.29 is 23.9 Å². The molecule has 0 bridgehead atoms. The SMILES string of the molecule is Cc1cccc(C)c1OCc1noc(C(C)C)c1COc1ccc2c(ccn2Cc2cccc(C(=O)O)c2)c1. The highest BCUT2D eigenvalue weighted by molar-refractivity contribution is 5.87. The molecule has 2 heterocycles. The molecular formula is C32H32N2O5. The number of para-hydroxylation sites is 1. The minimum absolute atomic E-state index is 0.154. The quantitative estimate of drug-likeness (QED) is 0.207. The molecule has 5 rings (SSSR count). The van der Waals surface area contributed by atoms with Gasteiger partial charge in [0.15, 0.2) is 0 Å². The van der Waals surface area contributed by atoms with E-state index in [-0.39, 0.29) is 11.5 Å². The number of carboxylic acid groups (broad SMARTS) is 1. The van der Waals surface area contributed by atoms with Gasteiger partial charge in [0.2, 0.25) is 0 Å². The predicted molar refractivity (Wildman–Crippen MR) is 150 cm³/mol. The maximum atomic E-state index is 11.3. The van der Waals surface area contributed by atoms with Gasteiger partial charge in [-0.25, -0.2) is 4.79 Å². The highest BCUT2D eigenvalue weighted by Crippen LogP contribution is 2.29. The van der Waals surface area contributed by atoms with Crippen LogP contribution in [0.2, 0.25) is 0 Å². The molecule has 200 valence electrons. The van der Waals surface area contributed by atoms with E-state index in [4.69, 9.17) is 14.0 Å². The largest absolute Gasteiger partial charge is 0.489 e. The van der Waals surface area contributed by atoms with Crippen molar-refractivity contribution in [2.75, 3.05) is 0 Å². The monoisotopic (exact) mass is 524 g/mol. The topological polar surface area (TPSA) is 86.7 Å². The molecule has 0 atom stereocenters. The molecule has 0 saturated heterocycles. The second kappa shape index (κ2) is 11.1. The molecule has 7 heteroatoms. The molecule has 0 aliphatic carbocycles. The van der Waals surface area contributed by atoms with Crippen molar-refractivity contribution in [1.29, 1.82) is 0 Å². The smallest absolute Gasteiger partial charge is 0.335 e. The molecule has 0 spiro atoms. The summed E-state index contributed by atoms with van der Waals surface area (Å²) in [6.07, 6.45) is 2.00. The molecule has 0 radical (unpaired) electrons. The number of nitrogens with zero attached hydrogens (tertiary/aromatic N) is 2. The van der Waals surface area contributed by atoms with Gasteiger partial charge in [0.25, 0.3) is 0 Å². The summed E-state index contributed by atoms with van der Waals surface area (Å²) >= 11 is 0. The van der Waals surface area contributed by atoms with E-state index in [1.165, 1.54) is 0 Å². The molecule has 7 nitrogen and oxygen atoms in total. The zero-order valence-corrected chi connectivity index (χ0v) is 22.6. The Balaban J connectivity index is 1.32. The fourth-order valence-corrected chi connectivity index (χ4v) is 4.81. The summed E-state index contributed by atoms with van der Waals surface area (Å²) in [4.78, 5) is 11.3. The van der Waals surface area contributed by atoms with Crippen LogP contribution in [-0.4, -0.2) is 20.8 Å². The Morgan fingerprint density at radius 3 is 2.49 bits per heavy atom. The molecule has 0 saturated carbocycles. The summed E-state index contributed by atoms with van der Waals surface area (Å²) in [6.45, 7) is 9.40. The van der Waals surface area contributed by atoms with Gasteiger partial charge in [-0.3, -0.25) is 0 Å². The van der Waals surface area contributed by atoms with Crippen LogP contribution in [0.5, 0.6) is 11.5 Å². The van der Waals surface area contributed by atoms with Crippen LogP contribution in [-0.2, 0) is 19.8 Å². The molecule has 0 fully saturated rings. The molecule has 5 aromatic rings. The van der Waals surface area contributed by atoms with Crippen LogP contribution >= 0.6 is 0 Å². The third-order valence-electron chi connectivity index (χ3n) is 6.84. The van der Waals surface area contributed by atoms with Crippen LogP contribution in [0.15, 0.2) is 77.4 Å². The van der Waals surface area contributed by atoms with E-state index in [1.54, 1.807) is 18.2 Å². The number of benzene rings is 3. The van der Waals surface area contributed by atoms with Crippen LogP contribution < -0.4 is 9.47 Å². The second-order valence-corrected chi connectivity index (χ2v) is 10.1. The third-order valence-corrected chi connectivity index (χ3v) is 6.84. The minimum atomic E-state index is -0.926. The summed E-state index contributed by atoms with van der Waals surface area (Å²) in [5.41, 5.74) is 6.05. The molecule has 0 aliphatic heterocycles. The van der Waals surface area contributed by atoms with Gasteiger partial charge in [0.05, 0.1) is 11.1 Å². The zero-order valence-electron chi connectivity index (χ0n) is 22.6. The lowest BCUT2D eigenvalue weighted by Crippen LogP contribution is -2.06. The Hall–Kier alpha value is -4.52. The average Bonchev–Trinajstić information content (AvgIpc) is 3.51. The van der Waals surface area contributed by atoms with E-state index < -0.39 is 5.97 Å². The van der Waals surface area contributed by atoms with Crippen LogP contribution in [0.1, 0.15) is 63.8 Å². The highest BCUT2D eigenvalue weighted by Gasteiger charge is 2.20. The summed E-state index contributed by atoms with van der Waals surface area (Å²) < 4.78 is 20.2. The van der Waals surface area contributed by atoms with E-state index >= 15 is 0 Å². The van der Waals surface area contributed by atoms with E-state index in [0.29, 0.717) is 19.8 Å². The fourth-order valence-electron chi connectivity index (χ4n) is 4.81. The molecular weight excluding hydrogens is 492 g/mol. The van der Waals surface area contributed by atoms with E-state index in [2.05, 4.69) is 23.6 Å². The number of aromatic nitrogens is 2. The Morgan fingerprint density at radius 2 is 1.74 bits per heavy atom. The number of carbonyl (C=O) groups is 1. The third kappa shape index (κ3) is 5.67. The first kappa shape index (κ1) is 26.1. The van der Waals surface area contributed by atoms with Gasteiger partial charge in [0, 0.05) is 29.6 Å². The van der Waals surface area contributed by atoms with Gasteiger partial charge in [-0.1, -0.05) is 49.3 Å². The lowest BCUT2D eigenvalue weighted by molar-refractivity contribution is 0.0696. The first-order valence-electron chi connectivity index (χ1n) is 13.0. The van der Waals surface area contributed by atoms with Crippen molar-refractivity contribution in [1.82, 2.24) is 9.72 Å². The van der Waals surface area contributed by atoms with Crippen LogP contribution in [0.25, 0.3) is 10.9 Å². The van der Waals surface area contributed by atoms with Crippen molar-refractivity contribution in [3.63, 3.8) is 0 Å². The normalized spacial score (nSPS) is 11.3. The number of carboxylic acids is 1. The molecule has 3 aromatic carbocycles. The molecule has 39 heavy (non-hydrogen) atoms.